The number of thiazole rings is 1. The Morgan fingerprint density at radius 1 is 1.45 bits per heavy atom. The van der Waals surface area contributed by atoms with Crippen LogP contribution in [0.2, 0.25) is 0 Å². The van der Waals surface area contributed by atoms with Crippen molar-refractivity contribution >= 4 is 37.8 Å². The molecule has 0 aliphatic carbocycles. The van der Waals surface area contributed by atoms with Crippen LogP contribution in [0.5, 0.6) is 0 Å². The molecule has 0 atom stereocenters. The van der Waals surface area contributed by atoms with Crippen LogP contribution in [0.25, 0.3) is 0 Å². The summed E-state index contributed by atoms with van der Waals surface area (Å²) in [4.78, 5) is 5.16. The van der Waals surface area contributed by atoms with Gasteiger partial charge in [-0.25, -0.2) is 13.4 Å². The van der Waals surface area contributed by atoms with E-state index in [0.29, 0.717) is 11.7 Å². The van der Waals surface area contributed by atoms with E-state index in [1.54, 1.807) is 6.07 Å². The summed E-state index contributed by atoms with van der Waals surface area (Å²) >= 11 is 2.49. The van der Waals surface area contributed by atoms with Gasteiger partial charge in [-0.15, -0.1) is 22.7 Å². The third-order valence-corrected chi connectivity index (χ3v) is 6.76. The number of aryl methyl sites for hydroxylation is 1. The quantitative estimate of drug-likeness (QED) is 0.882. The second-order valence-corrected chi connectivity index (χ2v) is 8.62. The van der Waals surface area contributed by atoms with Crippen LogP contribution in [0.3, 0.4) is 0 Å². The Balaban J connectivity index is 2.25. The van der Waals surface area contributed by atoms with Gasteiger partial charge in [-0.05, 0) is 24.5 Å². The first kappa shape index (κ1) is 15.4. The lowest BCUT2D eigenvalue weighted by molar-refractivity contribution is 0.603. The average Bonchev–Trinajstić information content (AvgIpc) is 2.95. The van der Waals surface area contributed by atoms with Gasteiger partial charge in [0.15, 0.2) is 5.13 Å². The van der Waals surface area contributed by atoms with E-state index in [1.165, 1.54) is 22.7 Å². The summed E-state index contributed by atoms with van der Waals surface area (Å²) in [7, 11) is -3.58. The minimum atomic E-state index is -3.58. The van der Waals surface area contributed by atoms with Crippen LogP contribution in [-0.2, 0) is 16.6 Å². The molecule has 0 spiro atoms. The first-order chi connectivity index (χ1) is 9.33. The van der Waals surface area contributed by atoms with Crippen molar-refractivity contribution in [1.29, 1.82) is 0 Å². The van der Waals surface area contributed by atoms with Gasteiger partial charge < -0.3 is 5.73 Å². The largest absolute Gasteiger partial charge is 0.326 e. The molecule has 0 saturated carbocycles. The lowest BCUT2D eigenvalue weighted by Crippen LogP contribution is -2.11. The number of anilines is 1. The third-order valence-electron chi connectivity index (χ3n) is 2.78. The fraction of sp³-hybridized carbons (Fsp3) is 0.417. The molecule has 110 valence electrons. The number of hydrogen-bond donors (Lipinski definition) is 2. The van der Waals surface area contributed by atoms with Crippen molar-refractivity contribution in [2.45, 2.75) is 37.4 Å². The summed E-state index contributed by atoms with van der Waals surface area (Å²) in [6, 6.07) is 1.64. The predicted molar refractivity (Wildman–Crippen MR) is 84.0 cm³/mol. The molecule has 20 heavy (non-hydrogen) atoms. The van der Waals surface area contributed by atoms with Gasteiger partial charge in [-0.3, -0.25) is 4.72 Å². The molecule has 2 aromatic heterocycles. The van der Waals surface area contributed by atoms with Crippen molar-refractivity contribution in [2.75, 3.05) is 4.72 Å². The van der Waals surface area contributed by atoms with E-state index < -0.39 is 10.0 Å². The minimum absolute atomic E-state index is 0.275. The van der Waals surface area contributed by atoms with Crippen LogP contribution in [0.15, 0.2) is 15.7 Å². The monoisotopic (exact) mass is 331 g/mol. The molecular formula is C12H17N3O2S3. The molecule has 0 fully saturated rings. The first-order valence-electron chi connectivity index (χ1n) is 6.11. The summed E-state index contributed by atoms with van der Waals surface area (Å²) in [6.45, 7) is 6.24. The molecule has 0 bridgehead atoms. The second kappa shape index (κ2) is 5.80. The van der Waals surface area contributed by atoms with Crippen LogP contribution in [0.4, 0.5) is 5.13 Å². The summed E-state index contributed by atoms with van der Waals surface area (Å²) in [5.74, 6) is 0.275. The van der Waals surface area contributed by atoms with E-state index in [1.807, 2.05) is 26.2 Å². The lowest BCUT2D eigenvalue weighted by Gasteiger charge is -2.02. The van der Waals surface area contributed by atoms with E-state index in [4.69, 9.17) is 5.73 Å². The molecule has 0 aliphatic heterocycles. The molecule has 8 heteroatoms. The maximum absolute atomic E-state index is 12.3. The van der Waals surface area contributed by atoms with Crippen molar-refractivity contribution < 1.29 is 8.42 Å². The summed E-state index contributed by atoms with van der Waals surface area (Å²) in [5.41, 5.74) is 7.37. The fourth-order valence-corrected chi connectivity index (χ4v) is 5.18. The molecule has 0 saturated heterocycles. The summed E-state index contributed by atoms with van der Waals surface area (Å²) in [5, 5.41) is 2.27. The summed E-state index contributed by atoms with van der Waals surface area (Å²) < 4.78 is 27.4. The van der Waals surface area contributed by atoms with Gasteiger partial charge >= 0.3 is 0 Å². The van der Waals surface area contributed by atoms with E-state index in [-0.39, 0.29) is 10.1 Å². The smallest absolute Gasteiger partial charge is 0.273 e. The van der Waals surface area contributed by atoms with Gasteiger partial charge in [0.1, 0.15) is 4.21 Å². The Morgan fingerprint density at radius 3 is 2.65 bits per heavy atom. The van der Waals surface area contributed by atoms with Gasteiger partial charge in [0.25, 0.3) is 10.0 Å². The van der Waals surface area contributed by atoms with Crippen LogP contribution in [0.1, 0.15) is 35.9 Å². The SMILES string of the molecule is Cc1cc(S(=O)(=O)Nc2nc(C(C)C)cs2)sc1CN. The molecule has 2 heterocycles. The van der Waals surface area contributed by atoms with Crippen LogP contribution in [-0.4, -0.2) is 13.4 Å². The fourth-order valence-electron chi connectivity index (χ4n) is 1.59. The zero-order chi connectivity index (χ0) is 14.9. The third kappa shape index (κ3) is 3.20. The highest BCUT2D eigenvalue weighted by Crippen LogP contribution is 2.29. The number of sulfonamides is 1. The molecule has 0 radical (unpaired) electrons. The van der Waals surface area contributed by atoms with E-state index in [2.05, 4.69) is 9.71 Å². The Morgan fingerprint density at radius 2 is 2.15 bits per heavy atom. The number of rotatable bonds is 5. The topological polar surface area (TPSA) is 85.1 Å². The van der Waals surface area contributed by atoms with Gasteiger partial charge in [-0.1, -0.05) is 13.8 Å². The van der Waals surface area contributed by atoms with E-state index >= 15 is 0 Å². The highest BCUT2D eigenvalue weighted by Gasteiger charge is 2.20. The lowest BCUT2D eigenvalue weighted by atomic mass is 10.2. The van der Waals surface area contributed by atoms with E-state index in [9.17, 15) is 8.42 Å². The molecule has 0 aliphatic rings. The molecule has 0 unspecified atom stereocenters. The number of aromatic nitrogens is 1. The number of thiophene rings is 1. The van der Waals surface area contributed by atoms with Crippen molar-refractivity contribution in [3.63, 3.8) is 0 Å². The normalized spacial score (nSPS) is 12.1. The van der Waals surface area contributed by atoms with Crippen LogP contribution >= 0.6 is 22.7 Å². The van der Waals surface area contributed by atoms with Crippen LogP contribution in [0, 0.1) is 6.92 Å². The maximum atomic E-state index is 12.3. The summed E-state index contributed by atoms with van der Waals surface area (Å²) in [6.07, 6.45) is 0. The standard InChI is InChI=1S/C12H17N3O2S3/c1-7(2)9-6-18-12(14-9)15-20(16,17)11-4-8(3)10(5-13)19-11/h4,6-7H,5,13H2,1-3H3,(H,14,15). The molecule has 2 rings (SSSR count). The van der Waals surface area contributed by atoms with Gasteiger partial charge in [0, 0.05) is 16.8 Å². The first-order valence-corrected chi connectivity index (χ1v) is 9.29. The molecular weight excluding hydrogens is 314 g/mol. The van der Waals surface area contributed by atoms with Crippen molar-refractivity contribution in [3.05, 3.63) is 27.6 Å². The predicted octanol–water partition coefficient (Wildman–Crippen LogP) is 2.90. The number of nitrogens with one attached hydrogen (secondary N) is 1. The minimum Gasteiger partial charge on any atom is -0.326 e. The van der Waals surface area contributed by atoms with E-state index in [0.717, 1.165) is 16.1 Å². The van der Waals surface area contributed by atoms with Crippen LogP contribution < -0.4 is 10.5 Å². The number of nitrogens with zero attached hydrogens (tertiary/aromatic N) is 1. The van der Waals surface area contributed by atoms with Crippen molar-refractivity contribution in [2.24, 2.45) is 5.73 Å². The van der Waals surface area contributed by atoms with Crippen molar-refractivity contribution in [3.8, 4) is 0 Å². The Kier molecular flexibility index (Phi) is 4.48. The average molecular weight is 331 g/mol. The van der Waals surface area contributed by atoms with Crippen molar-refractivity contribution in [1.82, 2.24) is 4.98 Å². The molecule has 2 aromatic rings. The molecule has 0 amide bonds. The Bertz CT molecular complexity index is 701. The highest BCUT2D eigenvalue weighted by atomic mass is 32.2. The number of hydrogen-bond acceptors (Lipinski definition) is 6. The van der Waals surface area contributed by atoms with Gasteiger partial charge in [0.05, 0.1) is 5.69 Å². The second-order valence-electron chi connectivity index (χ2n) is 4.71. The molecule has 0 aromatic carbocycles. The maximum Gasteiger partial charge on any atom is 0.273 e. The molecule has 3 N–H and O–H groups in total. The zero-order valence-electron chi connectivity index (χ0n) is 11.5. The number of nitrogens with two attached hydrogens (primary N) is 1. The Hall–Kier alpha value is -0.960. The highest BCUT2D eigenvalue weighted by molar-refractivity contribution is 7.94. The molecule has 5 nitrogen and oxygen atoms in total. The van der Waals surface area contributed by atoms with Gasteiger partial charge in [0.2, 0.25) is 0 Å². The van der Waals surface area contributed by atoms with Gasteiger partial charge in [-0.2, -0.15) is 0 Å². The Labute approximate surface area is 126 Å². The zero-order valence-corrected chi connectivity index (χ0v) is 14.0.